The summed E-state index contributed by atoms with van der Waals surface area (Å²) in [5.74, 6) is 0.783. The molecular formula is C16H26N2O. The SMILES string of the molecule is CCCc1ccnc(O[C@H]2C[C@@H](NC(C)(C)C)C2)c1. The molecule has 1 heterocycles. The largest absolute Gasteiger partial charge is 0.474 e. The van der Waals surface area contributed by atoms with Crippen LogP contribution in [-0.4, -0.2) is 22.7 Å². The summed E-state index contributed by atoms with van der Waals surface area (Å²) in [6.45, 7) is 8.81. The molecule has 0 atom stereocenters. The van der Waals surface area contributed by atoms with E-state index in [0.717, 1.165) is 31.6 Å². The molecule has 0 aromatic carbocycles. The molecular weight excluding hydrogens is 236 g/mol. The van der Waals surface area contributed by atoms with E-state index in [0.29, 0.717) is 12.1 Å². The van der Waals surface area contributed by atoms with Crippen LogP contribution in [0.3, 0.4) is 0 Å². The number of aryl methyl sites for hydroxylation is 1. The van der Waals surface area contributed by atoms with Crippen LogP contribution in [0.4, 0.5) is 0 Å². The number of nitrogens with one attached hydrogen (secondary N) is 1. The standard InChI is InChI=1S/C16H26N2O/c1-5-6-12-7-8-17-15(9-12)19-14-10-13(11-14)18-16(2,3)4/h7-9,13-14,18H,5-6,10-11H2,1-4H3/t13-,14+. The van der Waals surface area contributed by atoms with Crippen molar-refractivity contribution in [1.29, 1.82) is 0 Å². The quantitative estimate of drug-likeness (QED) is 0.883. The van der Waals surface area contributed by atoms with Gasteiger partial charge in [0.25, 0.3) is 0 Å². The van der Waals surface area contributed by atoms with Crippen molar-refractivity contribution in [1.82, 2.24) is 10.3 Å². The smallest absolute Gasteiger partial charge is 0.213 e. The predicted octanol–water partition coefficient (Wildman–Crippen LogP) is 3.33. The van der Waals surface area contributed by atoms with Gasteiger partial charge >= 0.3 is 0 Å². The summed E-state index contributed by atoms with van der Waals surface area (Å²) in [5, 5.41) is 3.60. The van der Waals surface area contributed by atoms with Crippen molar-refractivity contribution in [3.8, 4) is 5.88 Å². The highest BCUT2D eigenvalue weighted by Gasteiger charge is 2.33. The monoisotopic (exact) mass is 262 g/mol. The number of aromatic nitrogens is 1. The summed E-state index contributed by atoms with van der Waals surface area (Å²) < 4.78 is 5.93. The zero-order chi connectivity index (χ0) is 13.9. The molecule has 0 bridgehead atoms. The topological polar surface area (TPSA) is 34.1 Å². The Morgan fingerprint density at radius 2 is 2.11 bits per heavy atom. The van der Waals surface area contributed by atoms with Crippen LogP contribution < -0.4 is 10.1 Å². The molecule has 0 spiro atoms. The third-order valence-corrected chi connectivity index (χ3v) is 3.36. The van der Waals surface area contributed by atoms with Crippen LogP contribution in [0.15, 0.2) is 18.3 Å². The highest BCUT2D eigenvalue weighted by molar-refractivity contribution is 5.21. The summed E-state index contributed by atoms with van der Waals surface area (Å²) in [6.07, 6.45) is 6.59. The first kappa shape index (κ1) is 14.3. The minimum atomic E-state index is 0.189. The van der Waals surface area contributed by atoms with Crippen LogP contribution in [0.5, 0.6) is 5.88 Å². The highest BCUT2D eigenvalue weighted by atomic mass is 16.5. The summed E-state index contributed by atoms with van der Waals surface area (Å²) in [6, 6.07) is 4.73. The second kappa shape index (κ2) is 5.91. The summed E-state index contributed by atoms with van der Waals surface area (Å²) in [5.41, 5.74) is 1.51. The number of pyridine rings is 1. The van der Waals surface area contributed by atoms with Gasteiger partial charge in [-0.3, -0.25) is 0 Å². The van der Waals surface area contributed by atoms with Gasteiger partial charge in [0.15, 0.2) is 0 Å². The highest BCUT2D eigenvalue weighted by Crippen LogP contribution is 2.26. The first-order valence-corrected chi connectivity index (χ1v) is 7.35. The third kappa shape index (κ3) is 4.50. The van der Waals surface area contributed by atoms with Crippen molar-refractivity contribution in [2.45, 2.75) is 71.1 Å². The number of hydrogen-bond donors (Lipinski definition) is 1. The third-order valence-electron chi connectivity index (χ3n) is 3.36. The Balaban J connectivity index is 1.79. The Labute approximate surface area is 116 Å². The van der Waals surface area contributed by atoms with Gasteiger partial charge in [0.05, 0.1) is 0 Å². The first-order valence-electron chi connectivity index (χ1n) is 7.35. The van der Waals surface area contributed by atoms with Crippen LogP contribution >= 0.6 is 0 Å². The maximum atomic E-state index is 5.93. The normalized spacial score (nSPS) is 22.9. The molecule has 1 aromatic heterocycles. The maximum absolute atomic E-state index is 5.93. The van der Waals surface area contributed by atoms with E-state index in [-0.39, 0.29) is 5.54 Å². The van der Waals surface area contributed by atoms with Gasteiger partial charge < -0.3 is 10.1 Å². The number of rotatable bonds is 5. The first-order chi connectivity index (χ1) is 8.96. The molecule has 1 N–H and O–H groups in total. The van der Waals surface area contributed by atoms with Crippen LogP contribution in [0.25, 0.3) is 0 Å². The molecule has 106 valence electrons. The average Bonchev–Trinajstić information content (AvgIpc) is 2.25. The van der Waals surface area contributed by atoms with Crippen LogP contribution in [0.2, 0.25) is 0 Å². The Hall–Kier alpha value is -1.09. The van der Waals surface area contributed by atoms with Crippen molar-refractivity contribution < 1.29 is 4.74 Å². The van der Waals surface area contributed by atoms with Gasteiger partial charge in [0.1, 0.15) is 6.10 Å². The minimum Gasteiger partial charge on any atom is -0.474 e. The van der Waals surface area contributed by atoms with E-state index in [2.05, 4.69) is 50.1 Å². The van der Waals surface area contributed by atoms with Gasteiger partial charge in [-0.05, 0) is 51.7 Å². The van der Waals surface area contributed by atoms with Gasteiger partial charge in [0.2, 0.25) is 5.88 Å². The van der Waals surface area contributed by atoms with Gasteiger partial charge in [-0.25, -0.2) is 4.98 Å². The van der Waals surface area contributed by atoms with E-state index in [4.69, 9.17) is 4.74 Å². The van der Waals surface area contributed by atoms with Gasteiger partial charge in [0, 0.05) is 23.8 Å². The second-order valence-corrected chi connectivity index (χ2v) is 6.55. The lowest BCUT2D eigenvalue weighted by Gasteiger charge is -2.39. The molecule has 0 radical (unpaired) electrons. The summed E-state index contributed by atoms with van der Waals surface area (Å²) >= 11 is 0. The number of nitrogens with zero attached hydrogens (tertiary/aromatic N) is 1. The fraction of sp³-hybridized carbons (Fsp3) is 0.688. The molecule has 3 nitrogen and oxygen atoms in total. The fourth-order valence-electron chi connectivity index (χ4n) is 2.52. The molecule has 1 aromatic rings. The molecule has 0 saturated heterocycles. The zero-order valence-corrected chi connectivity index (χ0v) is 12.6. The van der Waals surface area contributed by atoms with Crippen LogP contribution in [-0.2, 0) is 6.42 Å². The molecule has 1 fully saturated rings. The molecule has 2 rings (SSSR count). The van der Waals surface area contributed by atoms with E-state index >= 15 is 0 Å². The second-order valence-electron chi connectivity index (χ2n) is 6.55. The van der Waals surface area contributed by atoms with E-state index in [9.17, 15) is 0 Å². The van der Waals surface area contributed by atoms with Crippen molar-refractivity contribution in [3.05, 3.63) is 23.9 Å². The minimum absolute atomic E-state index is 0.189. The molecule has 0 amide bonds. The van der Waals surface area contributed by atoms with Crippen molar-refractivity contribution in [2.75, 3.05) is 0 Å². The summed E-state index contributed by atoms with van der Waals surface area (Å²) in [7, 11) is 0. The fourth-order valence-corrected chi connectivity index (χ4v) is 2.52. The maximum Gasteiger partial charge on any atom is 0.213 e. The van der Waals surface area contributed by atoms with E-state index in [1.54, 1.807) is 0 Å². The molecule has 1 aliphatic carbocycles. The Kier molecular flexibility index (Phi) is 4.46. The lowest BCUT2D eigenvalue weighted by Crippen LogP contribution is -2.53. The lowest BCUT2D eigenvalue weighted by molar-refractivity contribution is 0.0694. The Morgan fingerprint density at radius 1 is 1.37 bits per heavy atom. The zero-order valence-electron chi connectivity index (χ0n) is 12.6. The summed E-state index contributed by atoms with van der Waals surface area (Å²) in [4.78, 5) is 4.30. The molecule has 19 heavy (non-hydrogen) atoms. The van der Waals surface area contributed by atoms with E-state index < -0.39 is 0 Å². The molecule has 0 unspecified atom stereocenters. The lowest BCUT2D eigenvalue weighted by atomic mass is 9.87. The van der Waals surface area contributed by atoms with Crippen molar-refractivity contribution in [3.63, 3.8) is 0 Å². The van der Waals surface area contributed by atoms with E-state index in [1.807, 2.05) is 6.20 Å². The van der Waals surface area contributed by atoms with E-state index in [1.165, 1.54) is 5.56 Å². The number of hydrogen-bond acceptors (Lipinski definition) is 3. The Bertz CT molecular complexity index is 405. The van der Waals surface area contributed by atoms with Gasteiger partial charge in [-0.2, -0.15) is 0 Å². The molecule has 1 saturated carbocycles. The Morgan fingerprint density at radius 3 is 2.74 bits per heavy atom. The molecule has 1 aliphatic rings. The van der Waals surface area contributed by atoms with Crippen molar-refractivity contribution >= 4 is 0 Å². The number of ether oxygens (including phenoxy) is 1. The van der Waals surface area contributed by atoms with Gasteiger partial charge in [-0.1, -0.05) is 13.3 Å². The molecule has 0 aliphatic heterocycles. The van der Waals surface area contributed by atoms with Crippen LogP contribution in [0.1, 0.15) is 52.5 Å². The predicted molar refractivity (Wildman–Crippen MR) is 78.6 cm³/mol. The van der Waals surface area contributed by atoms with Crippen molar-refractivity contribution in [2.24, 2.45) is 0 Å². The van der Waals surface area contributed by atoms with Crippen LogP contribution in [0, 0.1) is 0 Å². The average molecular weight is 262 g/mol. The molecule has 3 heteroatoms. The van der Waals surface area contributed by atoms with Gasteiger partial charge in [-0.15, -0.1) is 0 Å².